The third-order valence-corrected chi connectivity index (χ3v) is 9.43. The van der Waals surface area contributed by atoms with Crippen molar-refractivity contribution < 1.29 is 42.1 Å². The van der Waals surface area contributed by atoms with Crippen LogP contribution in [0, 0.1) is 0 Å². The zero-order valence-electron chi connectivity index (χ0n) is 23.0. The molecule has 0 saturated heterocycles. The number of fused-ring (bicyclic) bond motifs is 1. The number of benzene rings is 2. The summed E-state index contributed by atoms with van der Waals surface area (Å²) in [5.41, 5.74) is 1.58. The number of aliphatic hydroxyl groups is 1. The molecule has 2 aromatic heterocycles. The Balaban J connectivity index is 1.34. The summed E-state index contributed by atoms with van der Waals surface area (Å²) in [6.07, 6.45) is 1.40. The first-order valence-corrected chi connectivity index (χ1v) is 16.6. The number of alkyl halides is 1. The first-order chi connectivity index (χ1) is 21.1. The smallest absolute Gasteiger partial charge is 0.327 e. The average molecular weight is 669 g/mol. The van der Waals surface area contributed by atoms with Crippen molar-refractivity contribution in [1.82, 2.24) is 25.3 Å². The number of carbonyl (C=O) groups is 2. The molecule has 44 heavy (non-hydrogen) atoms. The number of hydrogen-bond donors (Lipinski definition) is 4. The van der Waals surface area contributed by atoms with Gasteiger partial charge < -0.3 is 25.0 Å². The van der Waals surface area contributed by atoms with E-state index in [0.29, 0.717) is 33.2 Å². The Labute approximate surface area is 259 Å². The monoisotopic (exact) mass is 668 g/mol. The van der Waals surface area contributed by atoms with E-state index in [-0.39, 0.29) is 36.3 Å². The molecule has 2 heterocycles. The van der Waals surface area contributed by atoms with Crippen LogP contribution in [-0.2, 0) is 32.0 Å². The molecule has 0 bridgehead atoms. The fraction of sp³-hybridized carbons (Fsp3) is 0.346. The molecule has 0 fully saturated rings. The highest BCUT2D eigenvalue weighted by Crippen LogP contribution is 2.28. The third kappa shape index (κ3) is 9.08. The molecule has 0 saturated carbocycles. The molecule has 0 unspecified atom stereocenters. The van der Waals surface area contributed by atoms with Crippen molar-refractivity contribution in [1.29, 1.82) is 0 Å². The van der Waals surface area contributed by atoms with Crippen molar-refractivity contribution in [3.63, 3.8) is 0 Å². The molecule has 4 aromatic rings. The van der Waals surface area contributed by atoms with Crippen molar-refractivity contribution in [2.75, 3.05) is 25.6 Å². The topological polar surface area (TPSA) is 209 Å². The molecule has 14 nitrogen and oxygen atoms in total. The van der Waals surface area contributed by atoms with Crippen LogP contribution in [-0.4, -0.2) is 82.2 Å². The van der Waals surface area contributed by atoms with Crippen molar-refractivity contribution in [2.24, 2.45) is 5.14 Å². The lowest BCUT2D eigenvalue weighted by Crippen LogP contribution is -2.46. The van der Waals surface area contributed by atoms with Crippen molar-refractivity contribution in [3.05, 3.63) is 59.9 Å². The second-order valence-electron chi connectivity index (χ2n) is 9.26. The molecule has 18 heteroatoms. The largest absolute Gasteiger partial charge is 0.491 e. The maximum absolute atomic E-state index is 13.1. The van der Waals surface area contributed by atoms with Gasteiger partial charge in [0.25, 0.3) is 10.0 Å². The zero-order valence-corrected chi connectivity index (χ0v) is 25.5. The second-order valence-corrected chi connectivity index (χ2v) is 13.1. The van der Waals surface area contributed by atoms with Crippen LogP contribution in [0.15, 0.2) is 53.0 Å². The Bertz CT molecular complexity index is 1700. The number of nitrogens with zero attached hydrogens (tertiary/aromatic N) is 4. The number of ether oxygens (including phenoxy) is 2. The van der Waals surface area contributed by atoms with Gasteiger partial charge in [-0.25, -0.2) is 32.4 Å². The van der Waals surface area contributed by atoms with Gasteiger partial charge in [-0.2, -0.15) is 11.8 Å². The van der Waals surface area contributed by atoms with Crippen molar-refractivity contribution >= 4 is 55.2 Å². The van der Waals surface area contributed by atoms with Crippen LogP contribution in [0.25, 0.3) is 10.2 Å². The Kier molecular flexibility index (Phi) is 11.5. The lowest BCUT2D eigenvalue weighted by Gasteiger charge is -2.20. The predicted octanol–water partition coefficient (Wildman–Crippen LogP) is 1.89. The minimum atomic E-state index is -3.94. The summed E-state index contributed by atoms with van der Waals surface area (Å²) in [6.45, 7) is -1.10. The van der Waals surface area contributed by atoms with Gasteiger partial charge in [0.2, 0.25) is 10.2 Å². The summed E-state index contributed by atoms with van der Waals surface area (Å²) in [6, 6.07) is 9.58. The number of thiazole rings is 1. The maximum atomic E-state index is 13.1. The number of halogens is 1. The molecule has 0 radical (unpaired) electrons. The molecule has 5 N–H and O–H groups in total. The molecular formula is C26H29FN6O8S3. The molecule has 0 aliphatic carbocycles. The summed E-state index contributed by atoms with van der Waals surface area (Å²) in [4.78, 5) is 29.0. The molecule has 236 valence electrons. The number of aliphatic hydroxyl groups excluding tert-OH is 1. The second kappa shape index (κ2) is 15.2. The number of sulfonamides is 1. The van der Waals surface area contributed by atoms with Gasteiger partial charge in [-0.05, 0) is 29.8 Å². The standard InChI is InChI=1S/C26H29FN6O8S3/c27-7-9-40-18-3-1-2-16(10-18)14-42-15-21(25(36)37)29-24(35)22(6-8-34)33-12-17(31-32-33)13-41-19-4-5-23-20(11-19)30-26(43-23)44(28,38)39/h1-5,10-12,21-22,34H,6-9,13-15H2,(H,29,35)(H,36,37)(H2,28,38,39)/t21-,22+/m0/s1. The number of nitrogens with one attached hydrogen (secondary N) is 1. The van der Waals surface area contributed by atoms with E-state index in [9.17, 15) is 32.6 Å². The van der Waals surface area contributed by atoms with Crippen LogP contribution in [0.3, 0.4) is 0 Å². The average Bonchev–Trinajstić information content (AvgIpc) is 3.64. The number of nitrogens with two attached hydrogens (primary N) is 1. The van der Waals surface area contributed by atoms with Gasteiger partial charge in [-0.1, -0.05) is 17.3 Å². The number of carboxylic acid groups (broad SMARTS) is 1. The van der Waals surface area contributed by atoms with E-state index >= 15 is 0 Å². The fourth-order valence-corrected chi connectivity index (χ4v) is 6.54. The minimum Gasteiger partial charge on any atom is -0.491 e. The number of rotatable bonds is 17. The first kappa shape index (κ1) is 33.1. The number of hydrogen-bond acceptors (Lipinski definition) is 12. The minimum absolute atomic E-state index is 0.0481. The van der Waals surface area contributed by atoms with Crippen LogP contribution in [0.2, 0.25) is 0 Å². The summed E-state index contributed by atoms with van der Waals surface area (Å²) in [5.74, 6) is -0.514. The van der Waals surface area contributed by atoms with Gasteiger partial charge in [-0.15, -0.1) is 16.4 Å². The Hall–Kier alpha value is -3.84. The molecule has 2 aromatic carbocycles. The fourth-order valence-electron chi connectivity index (χ4n) is 3.91. The number of carboxylic acids is 1. The molecule has 4 rings (SSSR count). The molecule has 2 atom stereocenters. The summed E-state index contributed by atoms with van der Waals surface area (Å²) in [7, 11) is -3.94. The third-order valence-electron chi connectivity index (χ3n) is 5.96. The maximum Gasteiger partial charge on any atom is 0.327 e. The number of carbonyl (C=O) groups excluding carboxylic acids is 1. The summed E-state index contributed by atoms with van der Waals surface area (Å²) in [5, 5.41) is 34.9. The van der Waals surface area contributed by atoms with Crippen LogP contribution in [0.4, 0.5) is 4.39 Å². The molecule has 0 aliphatic heterocycles. The first-order valence-electron chi connectivity index (χ1n) is 13.0. The van der Waals surface area contributed by atoms with Gasteiger partial charge in [0.15, 0.2) is 0 Å². The van der Waals surface area contributed by atoms with Gasteiger partial charge in [0.05, 0.1) is 16.4 Å². The number of aliphatic carboxylic acids is 1. The van der Waals surface area contributed by atoms with Crippen LogP contribution < -0.4 is 19.9 Å². The van der Waals surface area contributed by atoms with Crippen molar-refractivity contribution in [2.45, 2.75) is 35.2 Å². The normalized spacial score (nSPS) is 13.0. The van der Waals surface area contributed by atoms with Crippen LogP contribution in [0.1, 0.15) is 23.7 Å². The molecular weight excluding hydrogens is 640 g/mol. The summed E-state index contributed by atoms with van der Waals surface area (Å²) < 4.78 is 48.1. The highest BCUT2D eigenvalue weighted by atomic mass is 32.2. The lowest BCUT2D eigenvalue weighted by atomic mass is 10.2. The van der Waals surface area contributed by atoms with Gasteiger partial charge in [-0.3, -0.25) is 4.79 Å². The summed E-state index contributed by atoms with van der Waals surface area (Å²) >= 11 is 2.22. The van der Waals surface area contributed by atoms with E-state index in [4.69, 9.17) is 14.6 Å². The lowest BCUT2D eigenvalue weighted by molar-refractivity contribution is -0.141. The number of primary sulfonamides is 1. The van der Waals surface area contributed by atoms with Gasteiger partial charge in [0, 0.05) is 30.6 Å². The van der Waals surface area contributed by atoms with E-state index in [1.54, 1.807) is 36.4 Å². The molecule has 0 spiro atoms. The van der Waals surface area contributed by atoms with Gasteiger partial charge in [0.1, 0.15) is 49.2 Å². The predicted molar refractivity (Wildman–Crippen MR) is 160 cm³/mol. The van der Waals surface area contributed by atoms with Gasteiger partial charge >= 0.3 is 5.97 Å². The van der Waals surface area contributed by atoms with E-state index in [1.807, 2.05) is 6.07 Å². The van der Waals surface area contributed by atoms with Crippen LogP contribution >= 0.6 is 23.1 Å². The zero-order chi connectivity index (χ0) is 31.7. The molecule has 1 amide bonds. The van der Waals surface area contributed by atoms with E-state index in [1.165, 1.54) is 22.6 Å². The number of aromatic nitrogens is 4. The SMILES string of the molecule is NS(=O)(=O)c1nc2cc(OCc3cn([C@H](CCO)C(=O)N[C@@H](CSCc4cccc(OCCF)c4)C(=O)O)nn3)ccc2s1. The molecule has 0 aliphatic rings. The quantitative estimate of drug-likeness (QED) is 0.127. The highest BCUT2D eigenvalue weighted by molar-refractivity contribution is 7.98. The highest BCUT2D eigenvalue weighted by Gasteiger charge is 2.27. The Morgan fingerprint density at radius 1 is 1.18 bits per heavy atom. The van der Waals surface area contributed by atoms with E-state index < -0.39 is 40.7 Å². The Morgan fingerprint density at radius 2 is 1.98 bits per heavy atom. The Morgan fingerprint density at radius 3 is 2.70 bits per heavy atom. The number of amides is 1. The number of thioether (sulfide) groups is 1. The van der Waals surface area contributed by atoms with Crippen molar-refractivity contribution in [3.8, 4) is 11.5 Å². The van der Waals surface area contributed by atoms with E-state index in [2.05, 4.69) is 20.6 Å². The van der Waals surface area contributed by atoms with Crippen LogP contribution in [0.5, 0.6) is 11.5 Å². The van der Waals surface area contributed by atoms with E-state index in [0.717, 1.165) is 16.9 Å².